The number of hydrogen-bond acceptors (Lipinski definition) is 3. The molecule has 3 aromatic rings. The Hall–Kier alpha value is -2.45. The molecule has 3 rings (SSSR count). The van der Waals surface area contributed by atoms with Gasteiger partial charge in [0.05, 0.1) is 17.5 Å². The Balaban J connectivity index is 1.84. The summed E-state index contributed by atoms with van der Waals surface area (Å²) in [5.74, 6) is -0.890. The first-order chi connectivity index (χ1) is 15.2. The van der Waals surface area contributed by atoms with Crippen molar-refractivity contribution in [2.24, 2.45) is 0 Å². The van der Waals surface area contributed by atoms with Gasteiger partial charge in [-0.25, -0.2) is 12.8 Å². The third-order valence-electron chi connectivity index (χ3n) is 4.82. The first-order valence-corrected chi connectivity index (χ1v) is 11.9. The SMILES string of the molecule is C[C@@H](NC(=O)CN(Cc1ccccc1Cl)S(=O)(=O)c1ccc(Cl)cc1)c1ccc(F)cc1. The highest BCUT2D eigenvalue weighted by Crippen LogP contribution is 2.23. The standard InChI is InChI=1S/C23H21Cl2FN2O3S/c1-16(17-6-10-20(26)11-7-17)27-23(29)15-28(14-18-4-2-3-5-22(18)25)32(30,31)21-12-8-19(24)9-13-21/h2-13,16H,14-15H2,1H3,(H,27,29)/t16-/m1/s1. The number of rotatable bonds is 8. The highest BCUT2D eigenvalue weighted by Gasteiger charge is 2.28. The Bertz CT molecular complexity index is 1190. The Kier molecular flexibility index (Phi) is 7.90. The molecule has 0 aliphatic carbocycles. The van der Waals surface area contributed by atoms with Crippen LogP contribution in [0.3, 0.4) is 0 Å². The fraction of sp³-hybridized carbons (Fsp3) is 0.174. The molecular weight excluding hydrogens is 474 g/mol. The molecule has 5 nitrogen and oxygen atoms in total. The van der Waals surface area contributed by atoms with Crippen molar-refractivity contribution in [2.45, 2.75) is 24.4 Å². The van der Waals surface area contributed by atoms with Gasteiger partial charge in [-0.15, -0.1) is 0 Å². The fourth-order valence-electron chi connectivity index (χ4n) is 3.08. The van der Waals surface area contributed by atoms with Crippen LogP contribution in [0.5, 0.6) is 0 Å². The maximum atomic E-state index is 13.3. The van der Waals surface area contributed by atoms with E-state index >= 15 is 0 Å². The van der Waals surface area contributed by atoms with Gasteiger partial charge in [-0.05, 0) is 60.5 Å². The van der Waals surface area contributed by atoms with Gasteiger partial charge in [-0.3, -0.25) is 4.79 Å². The van der Waals surface area contributed by atoms with Crippen LogP contribution in [-0.2, 0) is 21.4 Å². The van der Waals surface area contributed by atoms with Gasteiger partial charge >= 0.3 is 0 Å². The molecule has 0 fully saturated rings. The molecule has 168 valence electrons. The maximum Gasteiger partial charge on any atom is 0.243 e. The number of sulfonamides is 1. The highest BCUT2D eigenvalue weighted by atomic mass is 35.5. The van der Waals surface area contributed by atoms with Crippen molar-refractivity contribution >= 4 is 39.1 Å². The monoisotopic (exact) mass is 494 g/mol. The molecule has 0 saturated heterocycles. The molecule has 0 unspecified atom stereocenters. The van der Waals surface area contributed by atoms with E-state index in [0.29, 0.717) is 21.2 Å². The van der Waals surface area contributed by atoms with E-state index in [1.165, 1.54) is 36.4 Å². The number of hydrogen-bond donors (Lipinski definition) is 1. The molecule has 0 aliphatic heterocycles. The summed E-state index contributed by atoms with van der Waals surface area (Å²) in [6, 6.07) is 17.8. The summed E-state index contributed by atoms with van der Waals surface area (Å²) in [5.41, 5.74) is 1.25. The lowest BCUT2D eigenvalue weighted by molar-refractivity contribution is -0.122. The molecule has 0 bridgehead atoms. The van der Waals surface area contributed by atoms with E-state index in [1.54, 1.807) is 43.3 Å². The van der Waals surface area contributed by atoms with Crippen LogP contribution in [0.25, 0.3) is 0 Å². The van der Waals surface area contributed by atoms with Crippen LogP contribution in [0.15, 0.2) is 77.7 Å². The molecule has 0 heterocycles. The number of nitrogens with zero attached hydrogens (tertiary/aromatic N) is 1. The third kappa shape index (κ3) is 6.07. The first-order valence-electron chi connectivity index (χ1n) is 9.71. The summed E-state index contributed by atoms with van der Waals surface area (Å²) in [6.45, 7) is 1.21. The van der Waals surface area contributed by atoms with E-state index in [0.717, 1.165) is 4.31 Å². The van der Waals surface area contributed by atoms with Crippen molar-refractivity contribution in [1.29, 1.82) is 0 Å². The molecule has 9 heteroatoms. The van der Waals surface area contributed by atoms with Gasteiger partial charge in [0.1, 0.15) is 5.82 Å². The van der Waals surface area contributed by atoms with Gasteiger partial charge in [0, 0.05) is 16.6 Å². The smallest absolute Gasteiger partial charge is 0.243 e. The van der Waals surface area contributed by atoms with Crippen molar-refractivity contribution in [1.82, 2.24) is 9.62 Å². The largest absolute Gasteiger partial charge is 0.348 e. The number of halogens is 3. The van der Waals surface area contributed by atoms with Crippen LogP contribution >= 0.6 is 23.2 Å². The minimum atomic E-state index is -4.03. The predicted molar refractivity (Wildman–Crippen MR) is 123 cm³/mol. The lowest BCUT2D eigenvalue weighted by Gasteiger charge is -2.24. The van der Waals surface area contributed by atoms with E-state index in [9.17, 15) is 17.6 Å². The van der Waals surface area contributed by atoms with Crippen LogP contribution in [0.1, 0.15) is 24.1 Å². The number of carbonyl (C=O) groups excluding carboxylic acids is 1. The van der Waals surface area contributed by atoms with E-state index in [1.807, 2.05) is 0 Å². The van der Waals surface area contributed by atoms with E-state index in [4.69, 9.17) is 23.2 Å². The van der Waals surface area contributed by atoms with Crippen LogP contribution in [0.2, 0.25) is 10.0 Å². The van der Waals surface area contributed by atoms with Crippen molar-refractivity contribution in [3.05, 3.63) is 99.8 Å². The van der Waals surface area contributed by atoms with Gasteiger partial charge in [0.2, 0.25) is 15.9 Å². The van der Waals surface area contributed by atoms with Crippen LogP contribution in [-0.4, -0.2) is 25.2 Å². The Morgan fingerprint density at radius 3 is 2.25 bits per heavy atom. The summed E-state index contributed by atoms with van der Waals surface area (Å²) in [4.78, 5) is 12.8. The molecule has 32 heavy (non-hydrogen) atoms. The zero-order chi connectivity index (χ0) is 23.3. The summed E-state index contributed by atoms with van der Waals surface area (Å²) in [7, 11) is -4.03. The zero-order valence-electron chi connectivity index (χ0n) is 17.1. The number of nitrogens with one attached hydrogen (secondary N) is 1. The first kappa shape index (κ1) is 24.2. The second-order valence-corrected chi connectivity index (χ2v) is 9.94. The molecule has 0 spiro atoms. The van der Waals surface area contributed by atoms with Gasteiger partial charge in [-0.2, -0.15) is 4.31 Å². The summed E-state index contributed by atoms with van der Waals surface area (Å²) >= 11 is 12.1. The minimum absolute atomic E-state index is 0.00772. The molecule has 0 radical (unpaired) electrons. The van der Waals surface area contributed by atoms with Gasteiger partial charge in [-0.1, -0.05) is 53.5 Å². The molecule has 1 atom stereocenters. The van der Waals surface area contributed by atoms with Crippen molar-refractivity contribution in [3.63, 3.8) is 0 Å². The number of benzene rings is 3. The molecule has 3 aromatic carbocycles. The van der Waals surface area contributed by atoms with Crippen LogP contribution < -0.4 is 5.32 Å². The predicted octanol–water partition coefficient (Wildman–Crippen LogP) is 5.20. The average Bonchev–Trinajstić information content (AvgIpc) is 2.75. The highest BCUT2D eigenvalue weighted by molar-refractivity contribution is 7.89. The number of amides is 1. The van der Waals surface area contributed by atoms with Gasteiger partial charge in [0.15, 0.2) is 0 Å². The van der Waals surface area contributed by atoms with Gasteiger partial charge < -0.3 is 5.32 Å². The lowest BCUT2D eigenvalue weighted by Crippen LogP contribution is -2.41. The molecule has 0 saturated carbocycles. The minimum Gasteiger partial charge on any atom is -0.348 e. The Morgan fingerprint density at radius 1 is 1.00 bits per heavy atom. The normalized spacial score (nSPS) is 12.5. The molecule has 1 N–H and O–H groups in total. The van der Waals surface area contributed by atoms with Crippen molar-refractivity contribution in [2.75, 3.05) is 6.54 Å². The van der Waals surface area contributed by atoms with Crippen LogP contribution in [0.4, 0.5) is 4.39 Å². The Labute approximate surface area is 196 Å². The summed E-state index contributed by atoms with van der Waals surface area (Å²) < 4.78 is 40.8. The van der Waals surface area contributed by atoms with Crippen LogP contribution in [0, 0.1) is 5.82 Å². The molecular formula is C23H21Cl2FN2O3S. The second kappa shape index (κ2) is 10.4. The maximum absolute atomic E-state index is 13.3. The van der Waals surface area contributed by atoms with Gasteiger partial charge in [0.25, 0.3) is 0 Å². The van der Waals surface area contributed by atoms with E-state index in [2.05, 4.69) is 5.32 Å². The second-order valence-electron chi connectivity index (χ2n) is 7.16. The molecule has 0 aliphatic rings. The molecule has 1 amide bonds. The Morgan fingerprint density at radius 2 is 1.62 bits per heavy atom. The third-order valence-corrected chi connectivity index (χ3v) is 7.25. The quantitative estimate of drug-likeness (QED) is 0.467. The summed E-state index contributed by atoms with van der Waals surface area (Å²) in [6.07, 6.45) is 0. The number of carbonyl (C=O) groups is 1. The van der Waals surface area contributed by atoms with Crippen molar-refractivity contribution in [3.8, 4) is 0 Å². The summed E-state index contributed by atoms with van der Waals surface area (Å²) in [5, 5.41) is 3.55. The molecule has 0 aromatic heterocycles. The lowest BCUT2D eigenvalue weighted by atomic mass is 10.1. The van der Waals surface area contributed by atoms with E-state index < -0.39 is 28.5 Å². The average molecular weight is 495 g/mol. The topological polar surface area (TPSA) is 66.5 Å². The zero-order valence-corrected chi connectivity index (χ0v) is 19.5. The van der Waals surface area contributed by atoms with Crippen molar-refractivity contribution < 1.29 is 17.6 Å². The van der Waals surface area contributed by atoms with E-state index in [-0.39, 0.29) is 17.3 Å². The fourth-order valence-corrected chi connectivity index (χ4v) is 4.78.